The summed E-state index contributed by atoms with van der Waals surface area (Å²) in [7, 11) is -1.97. The summed E-state index contributed by atoms with van der Waals surface area (Å²) in [6, 6.07) is 1.26. The van der Waals surface area contributed by atoms with E-state index < -0.39 is 10.0 Å². The highest BCUT2D eigenvalue weighted by Crippen LogP contribution is 2.27. The fraction of sp³-hybridized carbons (Fsp3) is 0.600. The first-order valence-electron chi connectivity index (χ1n) is 5.71. The van der Waals surface area contributed by atoms with Crippen LogP contribution in [0.3, 0.4) is 0 Å². The number of rotatable bonds is 4. The Labute approximate surface area is 112 Å². The van der Waals surface area contributed by atoms with Gasteiger partial charge in [0.2, 0.25) is 0 Å². The van der Waals surface area contributed by atoms with E-state index >= 15 is 0 Å². The first kappa shape index (κ1) is 13.4. The zero-order valence-corrected chi connectivity index (χ0v) is 11.7. The molecule has 1 fully saturated rings. The largest absolute Gasteiger partial charge is 0.393 e. The fourth-order valence-electron chi connectivity index (χ4n) is 2.33. The van der Waals surface area contributed by atoms with E-state index in [1.165, 1.54) is 16.9 Å². The van der Waals surface area contributed by atoms with Crippen LogP contribution in [0.2, 0.25) is 0 Å². The second kappa shape index (κ2) is 4.94. The number of aromatic nitrogens is 2. The smallest absolute Gasteiger partial charge is 0.257 e. The van der Waals surface area contributed by atoms with Crippen molar-refractivity contribution in [3.8, 4) is 0 Å². The van der Waals surface area contributed by atoms with Crippen molar-refractivity contribution in [1.82, 2.24) is 14.5 Å². The first-order valence-corrected chi connectivity index (χ1v) is 7.60. The highest BCUT2D eigenvalue weighted by atomic mass is 32.2. The number of sulfonamides is 1. The average Bonchev–Trinajstić information content (AvgIpc) is 2.86. The summed E-state index contributed by atoms with van der Waals surface area (Å²) in [5.41, 5.74) is 5.63. The molecule has 2 atom stereocenters. The van der Waals surface area contributed by atoms with E-state index in [1.54, 1.807) is 7.05 Å². The molecule has 1 aromatic heterocycles. The minimum Gasteiger partial charge on any atom is -0.393 e. The molecule has 0 radical (unpaired) electrons. The average molecular weight is 288 g/mol. The molecule has 6 nitrogen and oxygen atoms in total. The minimum absolute atomic E-state index is 0.0528. The lowest BCUT2D eigenvalue weighted by Gasteiger charge is -2.19. The minimum atomic E-state index is -3.56. The van der Waals surface area contributed by atoms with Crippen LogP contribution < -0.4 is 10.5 Å². The van der Waals surface area contributed by atoms with E-state index in [4.69, 9.17) is 18.0 Å². The van der Waals surface area contributed by atoms with Crippen LogP contribution in [0.15, 0.2) is 17.3 Å². The van der Waals surface area contributed by atoms with Gasteiger partial charge in [-0.25, -0.2) is 13.1 Å². The molecule has 0 saturated heterocycles. The molecule has 0 aromatic carbocycles. The van der Waals surface area contributed by atoms with E-state index in [2.05, 4.69) is 9.82 Å². The predicted octanol–water partition coefficient (Wildman–Crippen LogP) is 0.153. The summed E-state index contributed by atoms with van der Waals surface area (Å²) in [6.07, 6.45) is 3.99. The highest BCUT2D eigenvalue weighted by Gasteiger charge is 2.33. The monoisotopic (exact) mass is 288 g/mol. The summed E-state index contributed by atoms with van der Waals surface area (Å²) in [4.78, 5) is 0.380. The zero-order chi connectivity index (χ0) is 13.3. The van der Waals surface area contributed by atoms with Gasteiger partial charge in [-0.2, -0.15) is 5.10 Å². The number of nitrogens with one attached hydrogen (secondary N) is 1. The molecule has 18 heavy (non-hydrogen) atoms. The van der Waals surface area contributed by atoms with Gasteiger partial charge in [0.25, 0.3) is 10.0 Å². The van der Waals surface area contributed by atoms with E-state index in [0.29, 0.717) is 4.99 Å². The van der Waals surface area contributed by atoms with Gasteiger partial charge in [-0.05, 0) is 18.9 Å². The van der Waals surface area contributed by atoms with Crippen molar-refractivity contribution in [2.24, 2.45) is 18.7 Å². The van der Waals surface area contributed by atoms with Crippen molar-refractivity contribution >= 4 is 27.2 Å². The number of hydrogen-bond acceptors (Lipinski definition) is 4. The first-order chi connectivity index (χ1) is 8.42. The Morgan fingerprint density at radius 3 is 2.89 bits per heavy atom. The summed E-state index contributed by atoms with van der Waals surface area (Å²) >= 11 is 4.97. The van der Waals surface area contributed by atoms with Crippen LogP contribution in [-0.4, -0.2) is 29.2 Å². The molecule has 0 aliphatic heterocycles. The molecule has 1 aliphatic carbocycles. The predicted molar refractivity (Wildman–Crippen MR) is 71.4 cm³/mol. The van der Waals surface area contributed by atoms with Crippen LogP contribution in [0.1, 0.15) is 19.3 Å². The SMILES string of the molecule is Cn1nccc1S(=O)(=O)NC1CCCC1C(N)=S. The zero-order valence-electron chi connectivity index (χ0n) is 10.0. The molecule has 1 aliphatic rings. The number of thiocarbonyl (C=S) groups is 1. The standard InChI is InChI=1S/C10H16N4O2S2/c1-14-9(5-6-12-14)18(15,16)13-8-4-2-3-7(8)10(11)17/h5-8,13H,2-4H2,1H3,(H2,11,17). The van der Waals surface area contributed by atoms with Gasteiger partial charge in [0.15, 0.2) is 5.03 Å². The van der Waals surface area contributed by atoms with Crippen LogP contribution in [-0.2, 0) is 17.1 Å². The Hall–Kier alpha value is -0.990. The van der Waals surface area contributed by atoms with Crippen LogP contribution in [0.5, 0.6) is 0 Å². The van der Waals surface area contributed by atoms with Gasteiger partial charge in [-0.1, -0.05) is 18.6 Å². The van der Waals surface area contributed by atoms with E-state index in [-0.39, 0.29) is 17.0 Å². The third kappa shape index (κ3) is 2.55. The molecule has 3 N–H and O–H groups in total. The van der Waals surface area contributed by atoms with E-state index in [0.717, 1.165) is 19.3 Å². The lowest BCUT2D eigenvalue weighted by Crippen LogP contribution is -2.42. The van der Waals surface area contributed by atoms with Crippen molar-refractivity contribution in [3.63, 3.8) is 0 Å². The third-order valence-electron chi connectivity index (χ3n) is 3.24. The molecule has 1 aromatic rings. The van der Waals surface area contributed by atoms with Gasteiger partial charge in [0.05, 0.1) is 11.2 Å². The Kier molecular flexibility index (Phi) is 3.69. The number of aryl methyl sites for hydroxylation is 1. The maximum absolute atomic E-state index is 12.2. The molecule has 8 heteroatoms. The van der Waals surface area contributed by atoms with Crippen molar-refractivity contribution in [1.29, 1.82) is 0 Å². The van der Waals surface area contributed by atoms with Crippen LogP contribution >= 0.6 is 12.2 Å². The lowest BCUT2D eigenvalue weighted by molar-refractivity contribution is 0.515. The second-order valence-corrected chi connectivity index (χ2v) is 6.59. The fourth-order valence-corrected chi connectivity index (χ4v) is 4.05. The third-order valence-corrected chi connectivity index (χ3v) is 5.11. The number of nitrogens with zero attached hydrogens (tertiary/aromatic N) is 2. The van der Waals surface area contributed by atoms with Gasteiger partial charge in [-0.3, -0.25) is 4.68 Å². The molecule has 1 saturated carbocycles. The number of nitrogens with two attached hydrogens (primary N) is 1. The maximum Gasteiger partial charge on any atom is 0.257 e. The van der Waals surface area contributed by atoms with Gasteiger partial charge >= 0.3 is 0 Å². The quantitative estimate of drug-likeness (QED) is 0.770. The molecule has 2 unspecified atom stereocenters. The molecule has 0 amide bonds. The van der Waals surface area contributed by atoms with Gasteiger partial charge in [0, 0.05) is 19.0 Å². The second-order valence-electron chi connectivity index (χ2n) is 4.46. The van der Waals surface area contributed by atoms with E-state index in [9.17, 15) is 8.42 Å². The van der Waals surface area contributed by atoms with Crippen LogP contribution in [0, 0.1) is 5.92 Å². The molecular formula is C10H16N4O2S2. The highest BCUT2D eigenvalue weighted by molar-refractivity contribution is 7.89. The van der Waals surface area contributed by atoms with Crippen molar-refractivity contribution in [2.45, 2.75) is 30.3 Å². The molecule has 0 spiro atoms. The summed E-state index contributed by atoms with van der Waals surface area (Å²) in [5.74, 6) is -0.0528. The molecule has 2 rings (SSSR count). The van der Waals surface area contributed by atoms with Crippen LogP contribution in [0.25, 0.3) is 0 Å². The molecule has 0 bridgehead atoms. The molecule has 1 heterocycles. The summed E-state index contributed by atoms with van der Waals surface area (Å²) in [5, 5.41) is 4.01. The Bertz CT molecular complexity index is 552. The van der Waals surface area contributed by atoms with Gasteiger partial charge in [0.1, 0.15) is 0 Å². The topological polar surface area (TPSA) is 90.0 Å². The van der Waals surface area contributed by atoms with Crippen molar-refractivity contribution < 1.29 is 8.42 Å². The molecule has 100 valence electrons. The Morgan fingerprint density at radius 2 is 2.33 bits per heavy atom. The summed E-state index contributed by atoms with van der Waals surface area (Å²) in [6.45, 7) is 0. The van der Waals surface area contributed by atoms with Gasteiger partial charge < -0.3 is 5.73 Å². The molecular weight excluding hydrogens is 272 g/mol. The van der Waals surface area contributed by atoms with Crippen molar-refractivity contribution in [2.75, 3.05) is 0 Å². The Morgan fingerprint density at radius 1 is 1.61 bits per heavy atom. The normalized spacial score (nSPS) is 24.3. The van der Waals surface area contributed by atoms with Crippen molar-refractivity contribution in [3.05, 3.63) is 12.3 Å². The summed E-state index contributed by atoms with van der Waals surface area (Å²) < 4.78 is 28.4. The Balaban J connectivity index is 2.19. The van der Waals surface area contributed by atoms with E-state index in [1.807, 2.05) is 0 Å². The van der Waals surface area contributed by atoms with Crippen LogP contribution in [0.4, 0.5) is 0 Å². The lowest BCUT2D eigenvalue weighted by atomic mass is 10.1. The maximum atomic E-state index is 12.2. The van der Waals surface area contributed by atoms with Gasteiger partial charge in [-0.15, -0.1) is 0 Å². The number of hydrogen-bond donors (Lipinski definition) is 2.